The number of nitrogens with one attached hydrogen (secondary N) is 1. The maximum Gasteiger partial charge on any atom is 0.220 e. The molecule has 0 saturated heterocycles. The monoisotopic (exact) mass is 344 g/mol. The molecule has 128 valence electrons. The molecule has 0 saturated carbocycles. The van der Waals surface area contributed by atoms with Crippen molar-refractivity contribution in [3.8, 4) is 0 Å². The number of likely N-dealkylation sites (N-methyl/N-ethyl adjacent to an activating group) is 1. The Bertz CT molecular complexity index is 663. The summed E-state index contributed by atoms with van der Waals surface area (Å²) in [6.45, 7) is 2.53. The molecule has 0 aliphatic heterocycles. The Kier molecular flexibility index (Phi) is 6.70. The molecule has 5 heteroatoms. The Hall–Kier alpha value is -1.98. The molecule has 2 rings (SSSR count). The summed E-state index contributed by atoms with van der Waals surface area (Å²) in [4.78, 5) is 27.5. The fourth-order valence-electron chi connectivity index (χ4n) is 2.43. The van der Waals surface area contributed by atoms with Gasteiger partial charge in [0.15, 0.2) is 5.78 Å². The van der Waals surface area contributed by atoms with Crippen molar-refractivity contribution < 1.29 is 9.59 Å². The van der Waals surface area contributed by atoms with Crippen LogP contribution in [-0.2, 0) is 4.79 Å². The molecular formula is C19H24N2O2S. The molecule has 0 aliphatic rings. The van der Waals surface area contributed by atoms with E-state index in [0.29, 0.717) is 12.1 Å². The molecule has 0 radical (unpaired) electrons. The number of hydrogen-bond donors (Lipinski definition) is 1. The Labute approximate surface area is 147 Å². The highest BCUT2D eigenvalue weighted by atomic mass is 32.1. The number of hydrogen-bond acceptors (Lipinski definition) is 4. The van der Waals surface area contributed by atoms with E-state index >= 15 is 0 Å². The molecule has 24 heavy (non-hydrogen) atoms. The smallest absolute Gasteiger partial charge is 0.220 e. The van der Waals surface area contributed by atoms with Crippen LogP contribution in [0, 0.1) is 6.92 Å². The first-order valence-electron chi connectivity index (χ1n) is 8.03. The number of amides is 1. The molecule has 1 amide bonds. The minimum atomic E-state index is -0.0844. The van der Waals surface area contributed by atoms with Crippen LogP contribution in [0.5, 0.6) is 0 Å². The van der Waals surface area contributed by atoms with Crippen LogP contribution in [0.15, 0.2) is 41.8 Å². The second-order valence-electron chi connectivity index (χ2n) is 6.09. The van der Waals surface area contributed by atoms with E-state index < -0.39 is 0 Å². The molecule has 4 nitrogen and oxygen atoms in total. The van der Waals surface area contributed by atoms with Gasteiger partial charge in [-0.3, -0.25) is 9.59 Å². The van der Waals surface area contributed by atoms with Gasteiger partial charge < -0.3 is 10.2 Å². The molecule has 0 bridgehead atoms. The number of nitrogens with zero attached hydrogens (tertiary/aromatic N) is 1. The number of rotatable bonds is 8. The zero-order chi connectivity index (χ0) is 17.5. The van der Waals surface area contributed by atoms with Crippen LogP contribution in [0.1, 0.15) is 39.7 Å². The summed E-state index contributed by atoms with van der Waals surface area (Å²) in [7, 11) is 3.99. The highest BCUT2D eigenvalue weighted by Crippen LogP contribution is 2.22. The van der Waals surface area contributed by atoms with E-state index in [2.05, 4.69) is 16.3 Å². The van der Waals surface area contributed by atoms with E-state index in [-0.39, 0.29) is 30.6 Å². The van der Waals surface area contributed by atoms with Gasteiger partial charge in [-0.15, -0.1) is 11.3 Å². The maximum atomic E-state index is 12.1. The van der Waals surface area contributed by atoms with Crippen LogP contribution in [0.4, 0.5) is 0 Å². The SMILES string of the molecule is Cc1ccc(C(=O)CCC(=O)NCC(c2cccs2)N(C)C)cc1. The van der Waals surface area contributed by atoms with Crippen molar-refractivity contribution in [3.63, 3.8) is 0 Å². The molecule has 2 aromatic rings. The molecule has 1 unspecified atom stereocenters. The van der Waals surface area contributed by atoms with Gasteiger partial charge in [-0.25, -0.2) is 0 Å². The van der Waals surface area contributed by atoms with Crippen LogP contribution in [0.3, 0.4) is 0 Å². The van der Waals surface area contributed by atoms with Gasteiger partial charge in [0.2, 0.25) is 5.91 Å². The van der Waals surface area contributed by atoms with Crippen molar-refractivity contribution in [1.29, 1.82) is 0 Å². The first-order valence-corrected chi connectivity index (χ1v) is 8.91. The van der Waals surface area contributed by atoms with E-state index in [9.17, 15) is 9.59 Å². The number of Topliss-reactive ketones (excluding diaryl/α,β-unsaturated/α-hetero) is 1. The van der Waals surface area contributed by atoms with Gasteiger partial charge >= 0.3 is 0 Å². The third-order valence-corrected chi connectivity index (χ3v) is 4.91. The average Bonchev–Trinajstić information content (AvgIpc) is 3.07. The second kappa shape index (κ2) is 8.76. The van der Waals surface area contributed by atoms with Gasteiger partial charge in [0, 0.05) is 29.8 Å². The summed E-state index contributed by atoms with van der Waals surface area (Å²) in [5, 5.41) is 4.98. The first-order chi connectivity index (χ1) is 11.5. The molecule has 0 spiro atoms. The highest BCUT2D eigenvalue weighted by Gasteiger charge is 2.16. The van der Waals surface area contributed by atoms with Gasteiger partial charge in [-0.05, 0) is 32.5 Å². The lowest BCUT2D eigenvalue weighted by Gasteiger charge is -2.23. The summed E-state index contributed by atoms with van der Waals surface area (Å²) >= 11 is 1.68. The molecule has 0 aliphatic carbocycles. The topological polar surface area (TPSA) is 49.4 Å². The zero-order valence-corrected chi connectivity index (χ0v) is 15.2. The molecule has 0 fully saturated rings. The molecule has 1 heterocycles. The quantitative estimate of drug-likeness (QED) is 0.746. The standard InChI is InChI=1S/C19H24N2O2S/c1-14-6-8-15(9-7-14)17(22)10-11-19(23)20-13-16(21(2)3)18-5-4-12-24-18/h4-9,12,16H,10-11,13H2,1-3H3,(H,20,23). The molecular weight excluding hydrogens is 320 g/mol. The van der Waals surface area contributed by atoms with E-state index in [1.165, 1.54) is 4.88 Å². The van der Waals surface area contributed by atoms with Crippen LogP contribution in [0.25, 0.3) is 0 Å². The normalized spacial score (nSPS) is 12.2. The summed E-state index contributed by atoms with van der Waals surface area (Å²) < 4.78 is 0. The largest absolute Gasteiger partial charge is 0.354 e. The van der Waals surface area contributed by atoms with Gasteiger partial charge in [-0.2, -0.15) is 0 Å². The zero-order valence-electron chi connectivity index (χ0n) is 14.4. The van der Waals surface area contributed by atoms with E-state index in [1.54, 1.807) is 11.3 Å². The summed E-state index contributed by atoms with van der Waals surface area (Å²) in [5.41, 5.74) is 1.78. The number of aryl methyl sites for hydroxylation is 1. The van der Waals surface area contributed by atoms with E-state index in [0.717, 1.165) is 5.56 Å². The highest BCUT2D eigenvalue weighted by molar-refractivity contribution is 7.10. The Balaban J connectivity index is 1.80. The predicted octanol–water partition coefficient (Wildman–Crippen LogP) is 3.44. The average molecular weight is 344 g/mol. The van der Waals surface area contributed by atoms with Crippen molar-refractivity contribution in [2.45, 2.75) is 25.8 Å². The van der Waals surface area contributed by atoms with Crippen molar-refractivity contribution in [3.05, 3.63) is 57.8 Å². The lowest BCUT2D eigenvalue weighted by atomic mass is 10.0. The number of thiophene rings is 1. The van der Waals surface area contributed by atoms with E-state index in [1.807, 2.05) is 56.7 Å². The molecule has 1 aromatic carbocycles. The Morgan fingerprint density at radius 3 is 2.42 bits per heavy atom. The number of carbonyl (C=O) groups is 2. The third-order valence-electron chi connectivity index (χ3n) is 3.94. The van der Waals surface area contributed by atoms with Crippen molar-refractivity contribution in [2.24, 2.45) is 0 Å². The predicted molar refractivity (Wildman–Crippen MR) is 98.5 cm³/mol. The summed E-state index contributed by atoms with van der Waals surface area (Å²) in [5.74, 6) is -0.0774. The van der Waals surface area contributed by atoms with Crippen LogP contribution < -0.4 is 5.32 Å². The fourth-order valence-corrected chi connectivity index (χ4v) is 3.35. The Morgan fingerprint density at radius 1 is 1.12 bits per heavy atom. The van der Waals surface area contributed by atoms with E-state index in [4.69, 9.17) is 0 Å². The lowest BCUT2D eigenvalue weighted by Crippen LogP contribution is -2.34. The van der Waals surface area contributed by atoms with Gasteiger partial charge in [0.25, 0.3) is 0 Å². The minimum Gasteiger partial charge on any atom is -0.354 e. The van der Waals surface area contributed by atoms with Gasteiger partial charge in [0.1, 0.15) is 0 Å². The Morgan fingerprint density at radius 2 is 1.83 bits per heavy atom. The van der Waals surface area contributed by atoms with Crippen LogP contribution in [0.2, 0.25) is 0 Å². The molecule has 1 N–H and O–H groups in total. The molecule has 1 aromatic heterocycles. The lowest BCUT2D eigenvalue weighted by molar-refractivity contribution is -0.121. The van der Waals surface area contributed by atoms with Crippen molar-refractivity contribution in [1.82, 2.24) is 10.2 Å². The van der Waals surface area contributed by atoms with Crippen molar-refractivity contribution in [2.75, 3.05) is 20.6 Å². The van der Waals surface area contributed by atoms with Gasteiger partial charge in [-0.1, -0.05) is 35.9 Å². The maximum absolute atomic E-state index is 12.1. The first kappa shape index (κ1) is 18.4. The third kappa shape index (κ3) is 5.28. The summed E-state index contributed by atoms with van der Waals surface area (Å²) in [6.07, 6.45) is 0.456. The van der Waals surface area contributed by atoms with Crippen LogP contribution >= 0.6 is 11.3 Å². The van der Waals surface area contributed by atoms with Gasteiger partial charge in [0.05, 0.1) is 6.04 Å². The minimum absolute atomic E-state index is 0.00701. The van der Waals surface area contributed by atoms with Crippen LogP contribution in [-0.4, -0.2) is 37.2 Å². The fraction of sp³-hybridized carbons (Fsp3) is 0.368. The number of benzene rings is 1. The number of ketones is 1. The summed E-state index contributed by atoms with van der Waals surface area (Å²) in [6, 6.07) is 11.7. The van der Waals surface area contributed by atoms with Crippen molar-refractivity contribution >= 4 is 23.0 Å². The molecule has 1 atom stereocenters. The second-order valence-corrected chi connectivity index (χ2v) is 7.07. The number of carbonyl (C=O) groups excluding carboxylic acids is 2.